The van der Waals surface area contributed by atoms with Gasteiger partial charge in [-0.15, -0.1) is 11.3 Å². The highest BCUT2D eigenvalue weighted by Gasteiger charge is 2.20. The second-order valence-electron chi connectivity index (χ2n) is 3.53. The number of aromatic nitrogens is 2. The summed E-state index contributed by atoms with van der Waals surface area (Å²) in [5, 5.41) is 4.24. The molecule has 0 fully saturated rings. The van der Waals surface area contributed by atoms with Crippen LogP contribution >= 0.6 is 22.9 Å². The van der Waals surface area contributed by atoms with Crippen molar-refractivity contribution in [3.8, 4) is 5.75 Å². The third-order valence-electron chi connectivity index (χ3n) is 2.56. The Morgan fingerprint density at radius 1 is 1.59 bits per heavy atom. The van der Waals surface area contributed by atoms with Gasteiger partial charge in [-0.25, -0.2) is 0 Å². The van der Waals surface area contributed by atoms with Crippen LogP contribution in [0.25, 0.3) is 0 Å². The molecule has 0 aliphatic carbocycles. The van der Waals surface area contributed by atoms with Gasteiger partial charge in [0.2, 0.25) is 0 Å². The fourth-order valence-electron chi connectivity index (χ4n) is 1.73. The number of nitrogens with two attached hydrogens (primary N) is 1. The maximum Gasteiger partial charge on any atom is 0.161 e. The highest BCUT2D eigenvalue weighted by molar-refractivity contribution is 7.16. The van der Waals surface area contributed by atoms with Crippen molar-refractivity contribution in [3.05, 3.63) is 33.2 Å². The predicted octanol–water partition coefficient (Wildman–Crippen LogP) is 2.67. The third-order valence-corrected chi connectivity index (χ3v) is 3.87. The van der Waals surface area contributed by atoms with E-state index in [0.29, 0.717) is 5.75 Å². The minimum atomic E-state index is -0.259. The minimum absolute atomic E-state index is 0.259. The van der Waals surface area contributed by atoms with Gasteiger partial charge in [0.05, 0.1) is 23.7 Å². The molecule has 0 aliphatic rings. The summed E-state index contributed by atoms with van der Waals surface area (Å²) in [6, 6.07) is 3.52. The van der Waals surface area contributed by atoms with Crippen molar-refractivity contribution in [2.24, 2.45) is 5.73 Å². The van der Waals surface area contributed by atoms with E-state index in [9.17, 15) is 0 Å². The van der Waals surface area contributed by atoms with Crippen molar-refractivity contribution < 1.29 is 4.74 Å². The normalized spacial score (nSPS) is 12.7. The summed E-state index contributed by atoms with van der Waals surface area (Å²) < 4.78 is 7.86. The van der Waals surface area contributed by atoms with Crippen LogP contribution in [0.1, 0.15) is 23.5 Å². The molecule has 0 aromatic carbocycles. The van der Waals surface area contributed by atoms with E-state index in [2.05, 4.69) is 5.10 Å². The molecule has 0 saturated heterocycles. The van der Waals surface area contributed by atoms with E-state index in [1.165, 1.54) is 11.3 Å². The van der Waals surface area contributed by atoms with Crippen molar-refractivity contribution in [1.29, 1.82) is 0 Å². The van der Waals surface area contributed by atoms with Crippen LogP contribution in [0.3, 0.4) is 0 Å². The summed E-state index contributed by atoms with van der Waals surface area (Å²) >= 11 is 7.40. The van der Waals surface area contributed by atoms with Gasteiger partial charge in [0.15, 0.2) is 5.75 Å². The van der Waals surface area contributed by atoms with Crippen molar-refractivity contribution in [1.82, 2.24) is 9.78 Å². The van der Waals surface area contributed by atoms with Crippen LogP contribution in [-0.4, -0.2) is 16.9 Å². The van der Waals surface area contributed by atoms with Crippen molar-refractivity contribution >= 4 is 22.9 Å². The van der Waals surface area contributed by atoms with Gasteiger partial charge in [-0.2, -0.15) is 5.10 Å². The molecule has 0 aliphatic heterocycles. The summed E-state index contributed by atoms with van der Waals surface area (Å²) in [6.45, 7) is 2.77. The predicted molar refractivity (Wildman–Crippen MR) is 69.8 cm³/mol. The Morgan fingerprint density at radius 2 is 2.35 bits per heavy atom. The van der Waals surface area contributed by atoms with Crippen LogP contribution in [0.5, 0.6) is 5.75 Å². The third kappa shape index (κ3) is 2.31. The molecule has 0 radical (unpaired) electrons. The van der Waals surface area contributed by atoms with E-state index in [1.807, 2.05) is 23.7 Å². The fraction of sp³-hybridized carbons (Fsp3) is 0.364. The number of halogens is 1. The van der Waals surface area contributed by atoms with E-state index < -0.39 is 0 Å². The van der Waals surface area contributed by atoms with Gasteiger partial charge in [-0.3, -0.25) is 4.68 Å². The highest BCUT2D eigenvalue weighted by atomic mass is 35.5. The molecule has 2 N–H and O–H groups in total. The Balaban J connectivity index is 2.41. The first kappa shape index (κ1) is 12.4. The maximum atomic E-state index is 6.24. The van der Waals surface area contributed by atoms with Gasteiger partial charge in [0.1, 0.15) is 5.69 Å². The topological polar surface area (TPSA) is 53.1 Å². The lowest BCUT2D eigenvalue weighted by Gasteiger charge is -2.13. The lowest BCUT2D eigenvalue weighted by molar-refractivity contribution is 0.405. The summed E-state index contributed by atoms with van der Waals surface area (Å²) in [6.07, 6.45) is 1.69. The monoisotopic (exact) mass is 271 g/mol. The van der Waals surface area contributed by atoms with Gasteiger partial charge >= 0.3 is 0 Å². The second-order valence-corrected chi connectivity index (χ2v) is 5.28. The number of aryl methyl sites for hydroxylation is 1. The second kappa shape index (κ2) is 5.08. The van der Waals surface area contributed by atoms with Crippen LogP contribution in [-0.2, 0) is 6.54 Å². The molecule has 1 atom stereocenters. The van der Waals surface area contributed by atoms with Gasteiger partial charge in [-0.1, -0.05) is 11.6 Å². The molecule has 0 bridgehead atoms. The molecular formula is C11H14ClN3OS. The van der Waals surface area contributed by atoms with Crippen molar-refractivity contribution in [3.63, 3.8) is 0 Å². The summed E-state index contributed by atoms with van der Waals surface area (Å²) in [5.74, 6) is 0.712. The standard InChI is InChI=1S/C11H14ClN3OS/c1-3-15-11(7(16-2)6-14-15)10(13)8-4-5-9(12)17-8/h4-6,10H,3,13H2,1-2H3. The Bertz CT molecular complexity index is 487. The highest BCUT2D eigenvalue weighted by Crippen LogP contribution is 2.33. The van der Waals surface area contributed by atoms with E-state index in [-0.39, 0.29) is 6.04 Å². The first-order valence-electron chi connectivity index (χ1n) is 5.27. The Morgan fingerprint density at radius 3 is 2.88 bits per heavy atom. The average Bonchev–Trinajstić information content (AvgIpc) is 2.93. The maximum absolute atomic E-state index is 6.24. The Labute approximate surface area is 109 Å². The molecule has 92 valence electrons. The molecule has 2 aromatic rings. The lowest BCUT2D eigenvalue weighted by Crippen LogP contribution is -2.16. The van der Waals surface area contributed by atoms with Crippen LogP contribution in [0.2, 0.25) is 4.34 Å². The number of methoxy groups -OCH3 is 1. The van der Waals surface area contributed by atoms with Crippen LogP contribution in [0, 0.1) is 0 Å². The first-order valence-corrected chi connectivity index (χ1v) is 6.47. The van der Waals surface area contributed by atoms with Crippen LogP contribution in [0.4, 0.5) is 0 Å². The first-order chi connectivity index (χ1) is 8.17. The largest absolute Gasteiger partial charge is 0.493 e. The Hall–Kier alpha value is -1.04. The molecular weight excluding hydrogens is 258 g/mol. The number of ether oxygens (including phenoxy) is 1. The van der Waals surface area contributed by atoms with Gasteiger partial charge in [0.25, 0.3) is 0 Å². The summed E-state index contributed by atoms with van der Waals surface area (Å²) in [5.41, 5.74) is 7.12. The zero-order valence-corrected chi connectivity index (χ0v) is 11.3. The zero-order chi connectivity index (χ0) is 12.4. The van der Waals surface area contributed by atoms with Crippen LogP contribution in [0.15, 0.2) is 18.3 Å². The van der Waals surface area contributed by atoms with Gasteiger partial charge < -0.3 is 10.5 Å². The quantitative estimate of drug-likeness (QED) is 0.930. The lowest BCUT2D eigenvalue weighted by atomic mass is 10.1. The summed E-state index contributed by atoms with van der Waals surface area (Å²) in [7, 11) is 1.62. The van der Waals surface area contributed by atoms with E-state index in [0.717, 1.165) is 21.5 Å². The van der Waals surface area contributed by atoms with Gasteiger partial charge in [-0.05, 0) is 19.1 Å². The summed E-state index contributed by atoms with van der Waals surface area (Å²) in [4.78, 5) is 1.00. The van der Waals surface area contributed by atoms with Crippen molar-refractivity contribution in [2.75, 3.05) is 7.11 Å². The van der Waals surface area contributed by atoms with E-state index >= 15 is 0 Å². The molecule has 17 heavy (non-hydrogen) atoms. The molecule has 4 nitrogen and oxygen atoms in total. The van der Waals surface area contributed by atoms with E-state index in [1.54, 1.807) is 13.3 Å². The number of hydrogen-bond donors (Lipinski definition) is 1. The molecule has 2 aromatic heterocycles. The number of rotatable bonds is 4. The molecule has 2 heterocycles. The molecule has 0 saturated carbocycles. The molecule has 6 heteroatoms. The SMILES string of the molecule is CCn1ncc(OC)c1C(N)c1ccc(Cl)s1. The number of nitrogens with zero attached hydrogens (tertiary/aromatic N) is 2. The molecule has 0 amide bonds. The molecule has 1 unspecified atom stereocenters. The van der Waals surface area contributed by atoms with Crippen molar-refractivity contribution in [2.45, 2.75) is 19.5 Å². The minimum Gasteiger partial charge on any atom is -0.493 e. The fourth-order valence-corrected chi connectivity index (χ4v) is 2.80. The molecule has 2 rings (SSSR count). The number of thiophene rings is 1. The smallest absolute Gasteiger partial charge is 0.161 e. The molecule has 0 spiro atoms. The zero-order valence-electron chi connectivity index (χ0n) is 9.68. The Kier molecular flexibility index (Phi) is 3.71. The number of hydrogen-bond acceptors (Lipinski definition) is 4. The van der Waals surface area contributed by atoms with E-state index in [4.69, 9.17) is 22.1 Å². The van der Waals surface area contributed by atoms with Gasteiger partial charge in [0, 0.05) is 11.4 Å². The average molecular weight is 272 g/mol. The van der Waals surface area contributed by atoms with Crippen LogP contribution < -0.4 is 10.5 Å².